The van der Waals surface area contributed by atoms with E-state index in [0.29, 0.717) is 10.0 Å². The lowest BCUT2D eigenvalue weighted by Gasteiger charge is -2.12. The number of benzene rings is 1. The lowest BCUT2D eigenvalue weighted by Crippen LogP contribution is -2.10. The van der Waals surface area contributed by atoms with Gasteiger partial charge in [-0.3, -0.25) is 0 Å². The monoisotopic (exact) mass is 271 g/mol. The molecule has 0 aliphatic heterocycles. The summed E-state index contributed by atoms with van der Waals surface area (Å²) < 4.78 is 0. The van der Waals surface area contributed by atoms with Crippen LogP contribution in [0.3, 0.4) is 0 Å². The molecule has 0 saturated carbocycles. The van der Waals surface area contributed by atoms with E-state index < -0.39 is 0 Å². The van der Waals surface area contributed by atoms with Gasteiger partial charge in [0.2, 0.25) is 0 Å². The molecular weight excluding hydrogens is 253 g/mol. The Morgan fingerprint density at radius 3 is 2.59 bits per heavy atom. The first-order valence-corrected chi connectivity index (χ1v) is 6.72. The largest absolute Gasteiger partial charge is 0.324 e. The van der Waals surface area contributed by atoms with Gasteiger partial charge in [0.1, 0.15) is 0 Å². The van der Waals surface area contributed by atoms with Crippen LogP contribution in [0.5, 0.6) is 0 Å². The Morgan fingerprint density at radius 2 is 1.94 bits per heavy atom. The molecule has 1 unspecified atom stereocenters. The molecule has 0 amide bonds. The van der Waals surface area contributed by atoms with Crippen molar-refractivity contribution in [1.29, 1.82) is 0 Å². The first-order valence-electron chi connectivity index (χ1n) is 5.96. The lowest BCUT2D eigenvalue weighted by molar-refractivity contribution is 0.572. The molecule has 17 heavy (non-hydrogen) atoms. The quantitative estimate of drug-likeness (QED) is 0.540. The molecule has 2 N–H and O–H groups in total. The fourth-order valence-electron chi connectivity index (χ4n) is 1.74. The van der Waals surface area contributed by atoms with Crippen molar-refractivity contribution >= 4 is 23.2 Å². The van der Waals surface area contributed by atoms with Crippen molar-refractivity contribution in [3.8, 4) is 0 Å². The van der Waals surface area contributed by atoms with Crippen molar-refractivity contribution in [3.63, 3.8) is 0 Å². The summed E-state index contributed by atoms with van der Waals surface area (Å²) in [4.78, 5) is 0. The molecule has 1 rings (SSSR count). The molecule has 1 aromatic carbocycles. The Morgan fingerprint density at radius 1 is 1.18 bits per heavy atom. The van der Waals surface area contributed by atoms with Gasteiger partial charge in [-0.1, -0.05) is 48.2 Å². The predicted molar refractivity (Wildman–Crippen MR) is 76.7 cm³/mol. The number of hydrogen-bond acceptors (Lipinski definition) is 1. The topological polar surface area (TPSA) is 26.0 Å². The van der Waals surface area contributed by atoms with E-state index in [0.717, 1.165) is 24.8 Å². The second kappa shape index (κ2) is 7.75. The highest BCUT2D eigenvalue weighted by Crippen LogP contribution is 2.26. The van der Waals surface area contributed by atoms with Crippen LogP contribution in [0.4, 0.5) is 0 Å². The molecule has 1 aromatic rings. The third-order valence-electron chi connectivity index (χ3n) is 2.80. The van der Waals surface area contributed by atoms with E-state index in [1.165, 1.54) is 12.8 Å². The lowest BCUT2D eigenvalue weighted by atomic mass is 10.0. The van der Waals surface area contributed by atoms with E-state index in [4.69, 9.17) is 28.9 Å². The Balaban J connectivity index is 2.38. The van der Waals surface area contributed by atoms with Gasteiger partial charge in [-0.2, -0.15) is 0 Å². The van der Waals surface area contributed by atoms with Gasteiger partial charge >= 0.3 is 0 Å². The highest BCUT2D eigenvalue weighted by Gasteiger charge is 2.07. The van der Waals surface area contributed by atoms with E-state index in [2.05, 4.69) is 6.58 Å². The average molecular weight is 272 g/mol. The van der Waals surface area contributed by atoms with Crippen LogP contribution in [-0.4, -0.2) is 0 Å². The molecule has 0 aliphatic rings. The van der Waals surface area contributed by atoms with Crippen molar-refractivity contribution in [1.82, 2.24) is 0 Å². The molecule has 0 saturated heterocycles. The maximum atomic E-state index is 6.11. The van der Waals surface area contributed by atoms with Crippen LogP contribution in [0, 0.1) is 0 Å². The Kier molecular flexibility index (Phi) is 6.64. The molecule has 1 atom stereocenters. The maximum absolute atomic E-state index is 6.11. The normalized spacial score (nSPS) is 12.4. The predicted octanol–water partition coefficient (Wildman–Crippen LogP) is 5.13. The molecule has 0 aromatic heterocycles. The van der Waals surface area contributed by atoms with Gasteiger partial charge in [-0.25, -0.2) is 0 Å². The third-order valence-corrected chi connectivity index (χ3v) is 3.53. The summed E-state index contributed by atoms with van der Waals surface area (Å²) in [6.07, 6.45) is 7.55. The summed E-state index contributed by atoms with van der Waals surface area (Å²) in [7, 11) is 0. The first kappa shape index (κ1) is 14.6. The number of halogens is 2. The minimum atomic E-state index is 0.0495. The zero-order valence-corrected chi connectivity index (χ0v) is 11.5. The minimum absolute atomic E-state index is 0.0495. The maximum Gasteiger partial charge on any atom is 0.0595 e. The van der Waals surface area contributed by atoms with Crippen LogP contribution in [0.1, 0.15) is 43.7 Å². The summed E-state index contributed by atoms with van der Waals surface area (Å²) >= 11 is 11.8. The highest BCUT2D eigenvalue weighted by molar-refractivity contribution is 6.42. The van der Waals surface area contributed by atoms with Crippen molar-refractivity contribution in [2.75, 3.05) is 0 Å². The van der Waals surface area contributed by atoms with Crippen LogP contribution in [0.25, 0.3) is 0 Å². The fourth-order valence-corrected chi connectivity index (χ4v) is 2.05. The molecule has 3 heteroatoms. The van der Waals surface area contributed by atoms with Crippen LogP contribution >= 0.6 is 23.2 Å². The third kappa shape index (κ3) is 5.12. The van der Waals surface area contributed by atoms with Crippen molar-refractivity contribution in [2.45, 2.75) is 38.1 Å². The van der Waals surface area contributed by atoms with Crippen LogP contribution in [0.15, 0.2) is 30.9 Å². The summed E-state index contributed by atoms with van der Waals surface area (Å²) in [6, 6.07) is 5.66. The second-order valence-electron chi connectivity index (χ2n) is 4.21. The Bertz CT molecular complexity index is 363. The number of allylic oxidation sites excluding steroid dienone is 1. The number of unbranched alkanes of at least 4 members (excludes halogenated alkanes) is 3. The summed E-state index contributed by atoms with van der Waals surface area (Å²) in [5.74, 6) is 0. The molecule has 0 heterocycles. The molecule has 0 bridgehead atoms. The van der Waals surface area contributed by atoms with Crippen molar-refractivity contribution < 1.29 is 0 Å². The van der Waals surface area contributed by atoms with Gasteiger partial charge in [0, 0.05) is 6.04 Å². The minimum Gasteiger partial charge on any atom is -0.324 e. The van der Waals surface area contributed by atoms with Gasteiger partial charge in [0.05, 0.1) is 10.0 Å². The van der Waals surface area contributed by atoms with Gasteiger partial charge in [-0.15, -0.1) is 6.58 Å². The number of nitrogens with two attached hydrogens (primary N) is 1. The highest BCUT2D eigenvalue weighted by atomic mass is 35.5. The molecule has 1 nitrogen and oxygen atoms in total. The van der Waals surface area contributed by atoms with Gasteiger partial charge in [0.25, 0.3) is 0 Å². The van der Waals surface area contributed by atoms with E-state index in [1.807, 2.05) is 18.2 Å². The second-order valence-corrected chi connectivity index (χ2v) is 5.02. The summed E-state index contributed by atoms with van der Waals surface area (Å²) in [5.41, 5.74) is 7.17. The molecule has 0 radical (unpaired) electrons. The first-order chi connectivity index (χ1) is 8.15. The van der Waals surface area contributed by atoms with Crippen LogP contribution < -0.4 is 5.73 Å². The Hall–Kier alpha value is -0.500. The summed E-state index contributed by atoms with van der Waals surface area (Å²) in [5, 5.41) is 1.15. The fraction of sp³-hybridized carbons (Fsp3) is 0.429. The van der Waals surface area contributed by atoms with E-state index in [1.54, 1.807) is 6.07 Å². The zero-order valence-electron chi connectivity index (χ0n) is 9.96. The SMILES string of the molecule is C=CCCCCCC(N)c1ccc(Cl)c(Cl)c1. The molecular formula is C14H19Cl2N. The van der Waals surface area contributed by atoms with Crippen LogP contribution in [0.2, 0.25) is 10.0 Å². The average Bonchev–Trinajstić information content (AvgIpc) is 2.32. The standard InChI is InChI=1S/C14H19Cl2N/c1-2-3-4-5-6-7-14(17)11-8-9-12(15)13(16)10-11/h2,8-10,14H,1,3-7,17H2. The smallest absolute Gasteiger partial charge is 0.0595 e. The molecule has 0 aliphatic carbocycles. The summed E-state index contributed by atoms with van der Waals surface area (Å²) in [6.45, 7) is 3.71. The molecule has 0 spiro atoms. The van der Waals surface area contributed by atoms with E-state index in [-0.39, 0.29) is 6.04 Å². The molecule has 94 valence electrons. The molecule has 0 fully saturated rings. The Labute approximate surface area is 114 Å². The van der Waals surface area contributed by atoms with Gasteiger partial charge in [-0.05, 0) is 37.0 Å². The van der Waals surface area contributed by atoms with Gasteiger partial charge < -0.3 is 5.73 Å². The van der Waals surface area contributed by atoms with E-state index >= 15 is 0 Å². The van der Waals surface area contributed by atoms with Crippen LogP contribution in [-0.2, 0) is 0 Å². The van der Waals surface area contributed by atoms with Gasteiger partial charge in [0.15, 0.2) is 0 Å². The van der Waals surface area contributed by atoms with Crippen molar-refractivity contribution in [2.24, 2.45) is 5.73 Å². The van der Waals surface area contributed by atoms with Crippen molar-refractivity contribution in [3.05, 3.63) is 46.5 Å². The van der Waals surface area contributed by atoms with E-state index in [9.17, 15) is 0 Å². The number of rotatable bonds is 7. The zero-order chi connectivity index (χ0) is 12.7. The number of hydrogen-bond donors (Lipinski definition) is 1.